The van der Waals surface area contributed by atoms with Crippen LogP contribution in [0.3, 0.4) is 0 Å². The number of aliphatic hydroxyl groups excluding tert-OH is 3. The third-order valence-electron chi connectivity index (χ3n) is 1.67. The highest BCUT2D eigenvalue weighted by Gasteiger charge is 2.10. The zero-order valence-corrected chi connectivity index (χ0v) is 8.44. The fraction of sp³-hybridized carbons (Fsp3) is 0.714. The summed E-state index contributed by atoms with van der Waals surface area (Å²) in [7, 11) is 0. The summed E-state index contributed by atoms with van der Waals surface area (Å²) in [6.45, 7) is -0.302. The number of aromatic nitrogens is 3. The predicted molar refractivity (Wildman–Crippen MR) is 51.4 cm³/mol. The van der Waals surface area contributed by atoms with Crippen molar-refractivity contribution >= 4 is 11.8 Å². The van der Waals surface area contributed by atoms with Gasteiger partial charge in [-0.1, -0.05) is 5.21 Å². The van der Waals surface area contributed by atoms with Crippen LogP contribution in [0.5, 0.6) is 0 Å². The molecule has 0 fully saturated rings. The third-order valence-corrected chi connectivity index (χ3v) is 2.57. The van der Waals surface area contributed by atoms with Crippen LogP contribution in [-0.2, 0) is 19.1 Å². The number of hydrogen-bond donors (Lipinski definition) is 3. The molecule has 80 valence electrons. The first-order valence-electron chi connectivity index (χ1n) is 4.15. The van der Waals surface area contributed by atoms with E-state index in [-0.39, 0.29) is 19.8 Å². The number of thioether (sulfide) groups is 1. The maximum atomic E-state index is 9.01. The fourth-order valence-corrected chi connectivity index (χ4v) is 1.62. The molecule has 1 rings (SSSR count). The van der Waals surface area contributed by atoms with Crippen LogP contribution in [0.1, 0.15) is 11.4 Å². The van der Waals surface area contributed by atoms with Crippen molar-refractivity contribution in [1.29, 1.82) is 0 Å². The first-order chi connectivity index (χ1) is 6.83. The van der Waals surface area contributed by atoms with Gasteiger partial charge in [-0.15, -0.1) is 16.9 Å². The molecule has 0 aromatic carbocycles. The molecule has 0 unspecified atom stereocenters. The van der Waals surface area contributed by atoms with Crippen LogP contribution in [0.25, 0.3) is 0 Å². The summed E-state index contributed by atoms with van der Waals surface area (Å²) >= 11 is 1.48. The van der Waals surface area contributed by atoms with Gasteiger partial charge in [-0.2, -0.15) is 0 Å². The Labute approximate surface area is 85.6 Å². The average Bonchev–Trinajstić information content (AvgIpc) is 2.60. The molecule has 0 aliphatic heterocycles. The van der Waals surface area contributed by atoms with Crippen molar-refractivity contribution in [3.8, 4) is 0 Å². The van der Waals surface area contributed by atoms with Crippen molar-refractivity contribution in [2.24, 2.45) is 0 Å². The van der Waals surface area contributed by atoms with Crippen molar-refractivity contribution in [3.63, 3.8) is 0 Å². The van der Waals surface area contributed by atoms with Crippen molar-refractivity contribution < 1.29 is 15.3 Å². The summed E-state index contributed by atoms with van der Waals surface area (Å²) in [5.41, 5.74) is 0.926. The van der Waals surface area contributed by atoms with Crippen molar-refractivity contribution in [2.45, 2.75) is 19.1 Å². The summed E-state index contributed by atoms with van der Waals surface area (Å²) in [6.07, 6.45) is 0. The normalized spacial score (nSPS) is 10.8. The zero-order chi connectivity index (χ0) is 10.4. The van der Waals surface area contributed by atoms with E-state index in [1.165, 1.54) is 16.4 Å². The molecule has 0 aliphatic carbocycles. The molecule has 0 atom stereocenters. The lowest BCUT2D eigenvalue weighted by Crippen LogP contribution is -2.05. The highest BCUT2D eigenvalue weighted by atomic mass is 32.2. The van der Waals surface area contributed by atoms with Gasteiger partial charge in [-0.25, -0.2) is 4.68 Å². The minimum atomic E-state index is -0.222. The molecule has 1 heterocycles. The van der Waals surface area contributed by atoms with E-state index in [2.05, 4.69) is 10.3 Å². The molecule has 1 aromatic rings. The molecule has 7 heteroatoms. The van der Waals surface area contributed by atoms with Crippen LogP contribution in [0, 0.1) is 0 Å². The molecule has 0 radical (unpaired) electrons. The van der Waals surface area contributed by atoms with Crippen LogP contribution in [0.4, 0.5) is 0 Å². The van der Waals surface area contributed by atoms with E-state index in [1.54, 1.807) is 0 Å². The molecule has 0 bridgehead atoms. The Kier molecular flexibility index (Phi) is 4.88. The molecule has 0 saturated heterocycles. The van der Waals surface area contributed by atoms with Crippen LogP contribution in [0.2, 0.25) is 0 Å². The van der Waals surface area contributed by atoms with Crippen LogP contribution < -0.4 is 0 Å². The van der Waals surface area contributed by atoms with Gasteiger partial charge in [0.2, 0.25) is 0 Å². The van der Waals surface area contributed by atoms with Gasteiger partial charge in [0.05, 0.1) is 31.4 Å². The lowest BCUT2D eigenvalue weighted by Gasteiger charge is -2.03. The first-order valence-corrected chi connectivity index (χ1v) is 5.30. The van der Waals surface area contributed by atoms with Gasteiger partial charge >= 0.3 is 0 Å². The largest absolute Gasteiger partial charge is 0.396 e. The molecular weight excluding hydrogens is 206 g/mol. The van der Waals surface area contributed by atoms with E-state index < -0.39 is 0 Å². The topological polar surface area (TPSA) is 91.4 Å². The summed E-state index contributed by atoms with van der Waals surface area (Å²) < 4.78 is 1.52. The second kappa shape index (κ2) is 5.97. The Morgan fingerprint density at radius 1 is 1.21 bits per heavy atom. The van der Waals surface area contributed by atoms with Crippen molar-refractivity contribution in [3.05, 3.63) is 11.4 Å². The number of rotatable bonds is 6. The highest BCUT2D eigenvalue weighted by Crippen LogP contribution is 2.10. The summed E-state index contributed by atoms with van der Waals surface area (Å²) in [5.74, 6) is 1.13. The molecular formula is C7H13N3O3S. The van der Waals surface area contributed by atoms with E-state index in [4.69, 9.17) is 15.3 Å². The van der Waals surface area contributed by atoms with Gasteiger partial charge in [0.25, 0.3) is 0 Å². The molecule has 1 aromatic heterocycles. The van der Waals surface area contributed by atoms with Gasteiger partial charge in [0.15, 0.2) is 0 Å². The van der Waals surface area contributed by atoms with Crippen molar-refractivity contribution in [1.82, 2.24) is 15.0 Å². The van der Waals surface area contributed by atoms with Gasteiger partial charge in [-0.05, 0) is 0 Å². The maximum absolute atomic E-state index is 9.01. The minimum absolute atomic E-state index is 0.112. The van der Waals surface area contributed by atoms with Gasteiger partial charge in [0, 0.05) is 5.75 Å². The van der Waals surface area contributed by atoms with Crippen molar-refractivity contribution in [2.75, 3.05) is 12.4 Å². The van der Waals surface area contributed by atoms with E-state index in [0.717, 1.165) is 0 Å². The number of aliphatic hydroxyl groups is 3. The second-order valence-corrected chi connectivity index (χ2v) is 3.63. The lowest BCUT2D eigenvalue weighted by molar-refractivity contribution is 0.251. The minimum Gasteiger partial charge on any atom is -0.396 e. The molecule has 0 spiro atoms. The van der Waals surface area contributed by atoms with E-state index in [9.17, 15) is 0 Å². The average molecular weight is 219 g/mol. The Morgan fingerprint density at radius 2 is 2.00 bits per heavy atom. The zero-order valence-electron chi connectivity index (χ0n) is 7.63. The third kappa shape index (κ3) is 2.68. The quantitative estimate of drug-likeness (QED) is 0.529. The summed E-state index contributed by atoms with van der Waals surface area (Å²) in [6, 6.07) is 0. The summed E-state index contributed by atoms with van der Waals surface area (Å²) in [4.78, 5) is 0. The molecule has 0 aliphatic rings. The Hall–Kier alpha value is -0.630. The first kappa shape index (κ1) is 11.4. The van der Waals surface area contributed by atoms with Gasteiger partial charge in [0.1, 0.15) is 5.69 Å². The van der Waals surface area contributed by atoms with E-state index in [0.29, 0.717) is 23.0 Å². The number of hydrogen-bond acceptors (Lipinski definition) is 6. The smallest absolute Gasteiger partial charge is 0.114 e. The molecule has 14 heavy (non-hydrogen) atoms. The van der Waals surface area contributed by atoms with Gasteiger partial charge < -0.3 is 15.3 Å². The summed E-state index contributed by atoms with van der Waals surface area (Å²) in [5, 5.41) is 33.9. The Morgan fingerprint density at radius 3 is 2.57 bits per heavy atom. The highest BCUT2D eigenvalue weighted by molar-refractivity contribution is 7.98. The Balaban J connectivity index is 2.61. The standard InChI is InChI=1S/C7H13N3O3S/c11-1-2-14-5-10-7(4-13)6(3-12)8-9-10/h11-13H,1-5H2. The Bertz CT molecular complexity index is 279. The van der Waals surface area contributed by atoms with E-state index >= 15 is 0 Å². The predicted octanol–water partition coefficient (Wildman–Crippen LogP) is -1.05. The van der Waals surface area contributed by atoms with Crippen LogP contribution >= 0.6 is 11.8 Å². The maximum Gasteiger partial charge on any atom is 0.114 e. The SMILES string of the molecule is OCCSCn1nnc(CO)c1CO. The molecule has 0 amide bonds. The van der Waals surface area contributed by atoms with E-state index in [1.807, 2.05) is 0 Å². The monoisotopic (exact) mass is 219 g/mol. The molecule has 3 N–H and O–H groups in total. The fourth-order valence-electron chi connectivity index (χ4n) is 0.984. The van der Waals surface area contributed by atoms with Gasteiger partial charge in [-0.3, -0.25) is 0 Å². The van der Waals surface area contributed by atoms with Crippen LogP contribution in [0.15, 0.2) is 0 Å². The molecule has 6 nitrogen and oxygen atoms in total. The second-order valence-electron chi connectivity index (χ2n) is 2.56. The lowest BCUT2D eigenvalue weighted by atomic mass is 10.3. The number of nitrogens with zero attached hydrogens (tertiary/aromatic N) is 3. The van der Waals surface area contributed by atoms with Crippen LogP contribution in [-0.4, -0.2) is 42.7 Å². The molecule has 0 saturated carbocycles.